The topological polar surface area (TPSA) is 59.6 Å². The number of ether oxygens (including phenoxy) is 2. The number of halogens is 3. The lowest BCUT2D eigenvalue weighted by Crippen LogP contribution is -2.22. The quantitative estimate of drug-likeness (QED) is 0.855. The SMILES string of the molecule is O=C(CNc1cccc(Cl)c1F)Nc1cc2c(cc1Cl)OCCO2. The average molecular weight is 371 g/mol. The van der Waals surface area contributed by atoms with Crippen LogP contribution in [0.3, 0.4) is 0 Å². The third-order valence-electron chi connectivity index (χ3n) is 3.30. The number of fused-ring (bicyclic) bond motifs is 1. The van der Waals surface area contributed by atoms with Crippen LogP contribution in [0.25, 0.3) is 0 Å². The van der Waals surface area contributed by atoms with Gasteiger partial charge in [0.05, 0.1) is 28.0 Å². The molecule has 0 fully saturated rings. The molecule has 2 aromatic rings. The largest absolute Gasteiger partial charge is 0.486 e. The van der Waals surface area contributed by atoms with E-state index in [0.717, 1.165) is 0 Å². The first kappa shape index (κ1) is 16.7. The van der Waals surface area contributed by atoms with Gasteiger partial charge < -0.3 is 20.1 Å². The summed E-state index contributed by atoms with van der Waals surface area (Å²) in [5, 5.41) is 5.63. The molecule has 0 bridgehead atoms. The maximum Gasteiger partial charge on any atom is 0.243 e. The molecule has 0 radical (unpaired) electrons. The molecule has 0 saturated heterocycles. The van der Waals surface area contributed by atoms with E-state index in [2.05, 4.69) is 10.6 Å². The van der Waals surface area contributed by atoms with Gasteiger partial charge >= 0.3 is 0 Å². The Kier molecular flexibility index (Phi) is 4.97. The van der Waals surface area contributed by atoms with Gasteiger partial charge in [-0.2, -0.15) is 0 Å². The van der Waals surface area contributed by atoms with Crippen molar-refractivity contribution in [2.45, 2.75) is 0 Å². The van der Waals surface area contributed by atoms with Crippen LogP contribution in [-0.4, -0.2) is 25.7 Å². The predicted molar refractivity (Wildman–Crippen MR) is 91.0 cm³/mol. The lowest BCUT2D eigenvalue weighted by molar-refractivity contribution is -0.114. The standard InChI is InChI=1S/C16H13Cl2FN2O3/c17-9-2-1-3-11(16(9)19)20-8-15(22)21-12-7-14-13(6-10(12)18)23-4-5-24-14/h1-3,6-7,20H,4-5,8H2,(H,21,22). The van der Waals surface area contributed by atoms with Crippen LogP contribution in [0.4, 0.5) is 15.8 Å². The van der Waals surface area contributed by atoms with E-state index in [1.165, 1.54) is 12.1 Å². The monoisotopic (exact) mass is 370 g/mol. The van der Waals surface area contributed by atoms with Crippen molar-refractivity contribution in [3.63, 3.8) is 0 Å². The van der Waals surface area contributed by atoms with Crippen molar-refractivity contribution in [3.05, 3.63) is 46.2 Å². The first-order valence-electron chi connectivity index (χ1n) is 7.11. The number of carbonyl (C=O) groups excluding carboxylic acids is 1. The van der Waals surface area contributed by atoms with Crippen molar-refractivity contribution in [1.82, 2.24) is 0 Å². The van der Waals surface area contributed by atoms with E-state index in [-0.39, 0.29) is 17.3 Å². The zero-order chi connectivity index (χ0) is 17.1. The molecule has 2 N–H and O–H groups in total. The molecule has 1 aliphatic heterocycles. The summed E-state index contributed by atoms with van der Waals surface area (Å²) in [5.74, 6) is 0.0375. The molecule has 0 saturated carbocycles. The van der Waals surface area contributed by atoms with Crippen LogP contribution in [0.1, 0.15) is 0 Å². The van der Waals surface area contributed by atoms with Gasteiger partial charge in [-0.1, -0.05) is 29.3 Å². The minimum atomic E-state index is -0.607. The Morgan fingerprint density at radius 2 is 1.79 bits per heavy atom. The van der Waals surface area contributed by atoms with Crippen molar-refractivity contribution in [1.29, 1.82) is 0 Å². The molecule has 8 heteroatoms. The Hall–Kier alpha value is -2.18. The van der Waals surface area contributed by atoms with Crippen LogP contribution in [-0.2, 0) is 4.79 Å². The maximum absolute atomic E-state index is 13.8. The number of rotatable bonds is 4. The van der Waals surface area contributed by atoms with Gasteiger partial charge in [-0.05, 0) is 12.1 Å². The first-order chi connectivity index (χ1) is 11.5. The Balaban J connectivity index is 1.66. The summed E-state index contributed by atoms with van der Waals surface area (Å²) < 4.78 is 24.6. The van der Waals surface area contributed by atoms with Crippen LogP contribution in [0, 0.1) is 5.82 Å². The molecule has 126 valence electrons. The highest BCUT2D eigenvalue weighted by Crippen LogP contribution is 2.37. The van der Waals surface area contributed by atoms with Gasteiger partial charge in [-0.3, -0.25) is 4.79 Å². The number of amides is 1. The smallest absolute Gasteiger partial charge is 0.243 e. The van der Waals surface area contributed by atoms with Gasteiger partial charge in [0.2, 0.25) is 5.91 Å². The number of nitrogens with one attached hydrogen (secondary N) is 2. The van der Waals surface area contributed by atoms with Gasteiger partial charge in [0, 0.05) is 12.1 Å². The van der Waals surface area contributed by atoms with Gasteiger partial charge in [-0.15, -0.1) is 0 Å². The minimum Gasteiger partial charge on any atom is -0.486 e. The molecule has 1 aliphatic rings. The Morgan fingerprint density at radius 3 is 2.54 bits per heavy atom. The summed E-state index contributed by atoms with van der Waals surface area (Å²) in [6.07, 6.45) is 0. The second-order valence-corrected chi connectivity index (χ2v) is 5.79. The fraction of sp³-hybridized carbons (Fsp3) is 0.188. The van der Waals surface area contributed by atoms with E-state index < -0.39 is 11.7 Å². The van der Waals surface area contributed by atoms with Gasteiger partial charge in [-0.25, -0.2) is 4.39 Å². The summed E-state index contributed by atoms with van der Waals surface area (Å²) in [5.41, 5.74) is 0.533. The van der Waals surface area contributed by atoms with E-state index in [0.29, 0.717) is 35.4 Å². The zero-order valence-corrected chi connectivity index (χ0v) is 13.9. The summed E-state index contributed by atoms with van der Waals surface area (Å²) in [6, 6.07) is 7.68. The van der Waals surface area contributed by atoms with E-state index in [1.54, 1.807) is 18.2 Å². The summed E-state index contributed by atoms with van der Waals surface area (Å²) >= 11 is 11.8. The molecule has 0 atom stereocenters. The molecule has 1 heterocycles. The molecule has 24 heavy (non-hydrogen) atoms. The third-order valence-corrected chi connectivity index (χ3v) is 3.90. The summed E-state index contributed by atoms with van der Waals surface area (Å²) in [7, 11) is 0. The van der Waals surface area contributed by atoms with Crippen LogP contribution in [0.5, 0.6) is 11.5 Å². The first-order valence-corrected chi connectivity index (χ1v) is 7.87. The predicted octanol–water partition coefficient (Wildman–Crippen LogP) is 3.95. The van der Waals surface area contributed by atoms with Crippen molar-refractivity contribution in [2.24, 2.45) is 0 Å². The fourth-order valence-electron chi connectivity index (χ4n) is 2.17. The van der Waals surface area contributed by atoms with Crippen molar-refractivity contribution < 1.29 is 18.7 Å². The Morgan fingerprint density at radius 1 is 1.08 bits per heavy atom. The van der Waals surface area contributed by atoms with Crippen LogP contribution in [0.2, 0.25) is 10.0 Å². The van der Waals surface area contributed by atoms with Crippen LogP contribution in [0.15, 0.2) is 30.3 Å². The van der Waals surface area contributed by atoms with E-state index >= 15 is 0 Å². The average Bonchev–Trinajstić information content (AvgIpc) is 2.57. The van der Waals surface area contributed by atoms with Crippen molar-refractivity contribution in [2.75, 3.05) is 30.4 Å². The van der Waals surface area contributed by atoms with E-state index in [1.807, 2.05) is 0 Å². The highest BCUT2D eigenvalue weighted by Gasteiger charge is 2.16. The highest BCUT2D eigenvalue weighted by atomic mass is 35.5. The molecule has 0 spiro atoms. The van der Waals surface area contributed by atoms with Crippen LogP contribution < -0.4 is 20.1 Å². The second kappa shape index (κ2) is 7.15. The molecular formula is C16H13Cl2FN2O3. The summed E-state index contributed by atoms with van der Waals surface area (Å²) in [4.78, 5) is 12.0. The van der Waals surface area contributed by atoms with Crippen molar-refractivity contribution >= 4 is 40.5 Å². The Labute approximate surface area is 147 Å². The van der Waals surface area contributed by atoms with Crippen molar-refractivity contribution in [3.8, 4) is 11.5 Å². The molecule has 0 aliphatic carbocycles. The molecular weight excluding hydrogens is 358 g/mol. The van der Waals surface area contributed by atoms with Crippen LogP contribution >= 0.6 is 23.2 Å². The molecule has 3 rings (SSSR count). The highest BCUT2D eigenvalue weighted by molar-refractivity contribution is 6.34. The second-order valence-electron chi connectivity index (χ2n) is 4.98. The number of carbonyl (C=O) groups is 1. The molecule has 0 unspecified atom stereocenters. The van der Waals surface area contributed by atoms with Gasteiger partial charge in [0.15, 0.2) is 17.3 Å². The van der Waals surface area contributed by atoms with Gasteiger partial charge in [0.25, 0.3) is 0 Å². The molecule has 0 aromatic heterocycles. The minimum absolute atomic E-state index is 0.0183. The third kappa shape index (κ3) is 3.66. The summed E-state index contributed by atoms with van der Waals surface area (Å²) in [6.45, 7) is 0.726. The number of hydrogen-bond acceptors (Lipinski definition) is 4. The zero-order valence-electron chi connectivity index (χ0n) is 12.4. The van der Waals surface area contributed by atoms with Gasteiger partial charge in [0.1, 0.15) is 13.2 Å². The number of benzene rings is 2. The molecule has 2 aromatic carbocycles. The van der Waals surface area contributed by atoms with E-state index in [4.69, 9.17) is 32.7 Å². The molecule has 5 nitrogen and oxygen atoms in total. The van der Waals surface area contributed by atoms with E-state index in [9.17, 15) is 9.18 Å². The Bertz CT molecular complexity index is 786. The number of anilines is 2. The fourth-order valence-corrected chi connectivity index (χ4v) is 2.55. The number of hydrogen-bond donors (Lipinski definition) is 2. The maximum atomic E-state index is 13.8. The normalized spacial score (nSPS) is 12.6. The molecule has 1 amide bonds. The lowest BCUT2D eigenvalue weighted by Gasteiger charge is -2.20. The lowest BCUT2D eigenvalue weighted by atomic mass is 10.2.